The summed E-state index contributed by atoms with van der Waals surface area (Å²) in [6, 6.07) is 6.67. The van der Waals surface area contributed by atoms with Gasteiger partial charge in [0.1, 0.15) is 18.1 Å². The molecule has 0 saturated carbocycles. The number of aromatic nitrogens is 2. The highest BCUT2D eigenvalue weighted by atomic mass is 16.5. The topological polar surface area (TPSA) is 129 Å². The van der Waals surface area contributed by atoms with Crippen LogP contribution in [0, 0.1) is 11.3 Å². The van der Waals surface area contributed by atoms with Crippen molar-refractivity contribution in [3.05, 3.63) is 41.9 Å². The van der Waals surface area contributed by atoms with E-state index < -0.39 is 6.03 Å². The maximum absolute atomic E-state index is 12.3. The van der Waals surface area contributed by atoms with Crippen LogP contribution in [0.1, 0.15) is 32.0 Å². The zero-order chi connectivity index (χ0) is 21.2. The van der Waals surface area contributed by atoms with E-state index in [2.05, 4.69) is 25.9 Å². The molecule has 1 heterocycles. The predicted molar refractivity (Wildman–Crippen MR) is 109 cm³/mol. The Morgan fingerprint density at radius 2 is 2.03 bits per heavy atom. The number of urea groups is 1. The second-order valence-corrected chi connectivity index (χ2v) is 6.60. The van der Waals surface area contributed by atoms with Gasteiger partial charge in [-0.1, -0.05) is 6.07 Å². The van der Waals surface area contributed by atoms with E-state index >= 15 is 0 Å². The van der Waals surface area contributed by atoms with Crippen LogP contribution in [0.4, 0.5) is 16.3 Å². The van der Waals surface area contributed by atoms with Crippen LogP contribution in [-0.4, -0.2) is 41.0 Å². The minimum atomic E-state index is -0.508. The lowest BCUT2D eigenvalue weighted by Gasteiger charge is -2.17. The molecule has 29 heavy (non-hydrogen) atoms. The Hall–Kier alpha value is -3.51. The maximum Gasteiger partial charge on any atom is 0.324 e. The second kappa shape index (κ2) is 10.7. The third-order valence-electron chi connectivity index (χ3n) is 3.75. The Labute approximate surface area is 169 Å². The highest BCUT2D eigenvalue weighted by Gasteiger charge is 2.12. The number of nitrogens with one attached hydrogen (secondary N) is 3. The molecule has 1 aromatic carbocycles. The van der Waals surface area contributed by atoms with E-state index in [1.54, 1.807) is 13.0 Å². The van der Waals surface area contributed by atoms with Crippen LogP contribution in [0.3, 0.4) is 0 Å². The first-order valence-electron chi connectivity index (χ1n) is 9.19. The van der Waals surface area contributed by atoms with Gasteiger partial charge in [-0.05, 0) is 51.4 Å². The average molecular weight is 396 g/mol. The van der Waals surface area contributed by atoms with Crippen molar-refractivity contribution in [1.82, 2.24) is 15.3 Å². The maximum atomic E-state index is 12.3. The first-order chi connectivity index (χ1) is 13.9. The fourth-order valence-corrected chi connectivity index (χ4v) is 2.39. The van der Waals surface area contributed by atoms with Crippen LogP contribution < -0.4 is 20.7 Å². The van der Waals surface area contributed by atoms with Crippen LogP contribution in [0.15, 0.2) is 30.6 Å². The largest absolute Gasteiger partial charge is 0.489 e. The summed E-state index contributed by atoms with van der Waals surface area (Å²) in [6.07, 6.45) is 4.07. The van der Waals surface area contributed by atoms with Crippen molar-refractivity contribution in [2.24, 2.45) is 0 Å². The quantitative estimate of drug-likeness (QED) is 0.555. The number of carbonyl (C=O) groups is 2. The summed E-state index contributed by atoms with van der Waals surface area (Å²) in [4.78, 5) is 30.8. The summed E-state index contributed by atoms with van der Waals surface area (Å²) in [5, 5.41) is 17.1. The van der Waals surface area contributed by atoms with Crippen molar-refractivity contribution in [3.8, 4) is 11.8 Å². The van der Waals surface area contributed by atoms with Crippen molar-refractivity contribution in [2.45, 2.75) is 39.3 Å². The summed E-state index contributed by atoms with van der Waals surface area (Å²) in [6.45, 7) is 6.24. The van der Waals surface area contributed by atoms with Gasteiger partial charge in [-0.2, -0.15) is 5.26 Å². The normalized spacial score (nSPS) is 11.4. The van der Waals surface area contributed by atoms with Gasteiger partial charge in [0, 0.05) is 0 Å². The first kappa shape index (κ1) is 21.8. The number of benzene rings is 1. The van der Waals surface area contributed by atoms with Crippen molar-refractivity contribution in [3.63, 3.8) is 0 Å². The molecule has 0 bridgehead atoms. The van der Waals surface area contributed by atoms with Gasteiger partial charge in [-0.3, -0.25) is 5.32 Å². The highest BCUT2D eigenvalue weighted by molar-refractivity contribution is 6.00. The lowest BCUT2D eigenvalue weighted by molar-refractivity contribution is -0.109. The Balaban J connectivity index is 2.05. The number of amides is 2. The Morgan fingerprint density at radius 3 is 2.66 bits per heavy atom. The molecule has 1 aromatic heterocycles. The van der Waals surface area contributed by atoms with E-state index in [1.807, 2.05) is 32.0 Å². The van der Waals surface area contributed by atoms with Crippen molar-refractivity contribution < 1.29 is 14.3 Å². The fraction of sp³-hybridized carbons (Fsp3) is 0.350. The average Bonchev–Trinajstić information content (AvgIpc) is 2.69. The van der Waals surface area contributed by atoms with Crippen LogP contribution in [0.5, 0.6) is 5.75 Å². The van der Waals surface area contributed by atoms with Gasteiger partial charge in [0.2, 0.25) is 0 Å². The lowest BCUT2D eigenvalue weighted by atomic mass is 10.1. The third kappa shape index (κ3) is 7.20. The van der Waals surface area contributed by atoms with Gasteiger partial charge in [0.25, 0.3) is 0 Å². The highest BCUT2D eigenvalue weighted by Crippen LogP contribution is 2.27. The molecule has 2 aromatic rings. The molecular weight excluding hydrogens is 372 g/mol. The molecule has 152 valence electrons. The van der Waals surface area contributed by atoms with Crippen LogP contribution in [0.2, 0.25) is 0 Å². The first-order valence-corrected chi connectivity index (χ1v) is 9.19. The molecule has 0 saturated heterocycles. The lowest BCUT2D eigenvalue weighted by Crippen LogP contribution is -2.29. The molecule has 2 amide bonds. The van der Waals surface area contributed by atoms with E-state index in [0.717, 1.165) is 11.8 Å². The molecule has 0 spiro atoms. The molecule has 0 unspecified atom stereocenters. The number of nitrogens with zero attached hydrogens (tertiary/aromatic N) is 3. The number of hydrogen-bond donors (Lipinski definition) is 3. The molecule has 0 aliphatic rings. The SMILES string of the molecule is CC(C)Oc1cc(CCN[C@@H](C)C=O)ccc1NC(=O)Nc1cnc(C#N)cn1. The van der Waals surface area contributed by atoms with E-state index in [4.69, 9.17) is 10.00 Å². The summed E-state index contributed by atoms with van der Waals surface area (Å²) in [5.41, 5.74) is 1.68. The molecule has 0 fully saturated rings. The Bertz CT molecular complexity index is 877. The van der Waals surface area contributed by atoms with E-state index in [-0.39, 0.29) is 23.7 Å². The second-order valence-electron chi connectivity index (χ2n) is 6.60. The number of ether oxygens (including phenoxy) is 1. The Kier molecular flexibility index (Phi) is 8.06. The van der Waals surface area contributed by atoms with Gasteiger partial charge < -0.3 is 20.2 Å². The van der Waals surface area contributed by atoms with Crippen LogP contribution in [0.25, 0.3) is 0 Å². The van der Waals surface area contributed by atoms with Gasteiger partial charge in [0.15, 0.2) is 11.5 Å². The van der Waals surface area contributed by atoms with Crippen LogP contribution >= 0.6 is 0 Å². The number of rotatable bonds is 9. The molecule has 0 radical (unpaired) electrons. The standard InChI is InChI=1S/C20H24N6O3/c1-13(2)29-18-8-15(6-7-22-14(3)12-27)4-5-17(18)25-20(28)26-19-11-23-16(9-21)10-24-19/h4-5,8,10-14,22H,6-7H2,1-3H3,(H2,24,25,26,28)/t14-/m0/s1. The van der Waals surface area contributed by atoms with E-state index in [0.29, 0.717) is 24.4 Å². The molecule has 0 aliphatic carbocycles. The predicted octanol–water partition coefficient (Wildman–Crippen LogP) is 2.50. The summed E-state index contributed by atoms with van der Waals surface area (Å²) in [7, 11) is 0. The van der Waals surface area contributed by atoms with Gasteiger partial charge in [0.05, 0.1) is 30.2 Å². The van der Waals surface area contributed by atoms with E-state index in [9.17, 15) is 9.59 Å². The Morgan fingerprint density at radius 1 is 1.24 bits per heavy atom. The zero-order valence-electron chi connectivity index (χ0n) is 16.6. The molecule has 1 atom stereocenters. The number of anilines is 2. The van der Waals surface area contributed by atoms with Crippen LogP contribution in [-0.2, 0) is 11.2 Å². The molecule has 9 nitrogen and oxygen atoms in total. The van der Waals surface area contributed by atoms with Crippen molar-refractivity contribution in [2.75, 3.05) is 17.2 Å². The fourth-order valence-electron chi connectivity index (χ4n) is 2.39. The minimum Gasteiger partial charge on any atom is -0.489 e. The van der Waals surface area contributed by atoms with E-state index in [1.165, 1.54) is 12.4 Å². The number of hydrogen-bond acceptors (Lipinski definition) is 7. The number of carbonyl (C=O) groups excluding carboxylic acids is 2. The van der Waals surface area contributed by atoms with Crippen molar-refractivity contribution in [1.29, 1.82) is 5.26 Å². The smallest absolute Gasteiger partial charge is 0.324 e. The zero-order valence-corrected chi connectivity index (χ0v) is 16.6. The molecule has 2 rings (SSSR count). The molecule has 9 heteroatoms. The molecular formula is C20H24N6O3. The molecule has 3 N–H and O–H groups in total. The number of nitriles is 1. The van der Waals surface area contributed by atoms with Gasteiger partial charge in [-0.15, -0.1) is 0 Å². The molecule has 0 aliphatic heterocycles. The monoisotopic (exact) mass is 396 g/mol. The minimum absolute atomic E-state index is 0.0773. The third-order valence-corrected chi connectivity index (χ3v) is 3.75. The summed E-state index contributed by atoms with van der Waals surface area (Å²) < 4.78 is 5.83. The van der Waals surface area contributed by atoms with Crippen molar-refractivity contribution >= 4 is 23.8 Å². The summed E-state index contributed by atoms with van der Waals surface area (Å²) >= 11 is 0. The van der Waals surface area contributed by atoms with Gasteiger partial charge >= 0.3 is 6.03 Å². The number of aldehydes is 1. The van der Waals surface area contributed by atoms with Gasteiger partial charge in [-0.25, -0.2) is 14.8 Å². The summed E-state index contributed by atoms with van der Waals surface area (Å²) in [5.74, 6) is 0.766.